The number of carbonyl (C=O) groups is 1. The van der Waals surface area contributed by atoms with Crippen LogP contribution >= 0.6 is 12.4 Å². The van der Waals surface area contributed by atoms with Gasteiger partial charge in [0.15, 0.2) is 0 Å². The first kappa shape index (κ1) is 19.7. The first-order chi connectivity index (χ1) is 10.2. The molecule has 1 aromatic rings. The summed E-state index contributed by atoms with van der Waals surface area (Å²) in [6, 6.07) is 1.81. The lowest BCUT2D eigenvalue weighted by molar-refractivity contribution is -0.141. The van der Waals surface area contributed by atoms with Crippen LogP contribution in [0.5, 0.6) is 0 Å². The summed E-state index contributed by atoms with van der Waals surface area (Å²) in [4.78, 5) is 17.8. The number of amides is 1. The van der Waals surface area contributed by atoms with Crippen LogP contribution in [0.3, 0.4) is 0 Å². The molecule has 8 heteroatoms. The van der Waals surface area contributed by atoms with E-state index >= 15 is 0 Å². The molecule has 2 N–H and O–H groups in total. The molecule has 1 amide bonds. The summed E-state index contributed by atoms with van der Waals surface area (Å²) >= 11 is 0. The largest absolute Gasteiger partial charge is 0.433 e. The number of nitrogens with two attached hydrogens (primary N) is 1. The lowest BCUT2D eigenvalue weighted by atomic mass is 9.96. The lowest BCUT2D eigenvalue weighted by Gasteiger charge is -2.38. The Morgan fingerprint density at radius 3 is 2.57 bits per heavy atom. The number of halogens is 4. The Morgan fingerprint density at radius 1 is 1.39 bits per heavy atom. The molecule has 23 heavy (non-hydrogen) atoms. The number of rotatable bonds is 2. The van der Waals surface area contributed by atoms with Crippen molar-refractivity contribution >= 4 is 18.3 Å². The van der Waals surface area contributed by atoms with E-state index in [9.17, 15) is 18.0 Å². The van der Waals surface area contributed by atoms with E-state index in [2.05, 4.69) is 4.98 Å². The van der Waals surface area contributed by atoms with Gasteiger partial charge < -0.3 is 10.6 Å². The third kappa shape index (κ3) is 4.35. The fourth-order valence-electron chi connectivity index (χ4n) is 2.86. The molecule has 0 aliphatic carbocycles. The molecule has 1 aliphatic heterocycles. The van der Waals surface area contributed by atoms with E-state index in [0.29, 0.717) is 6.54 Å². The number of aryl methyl sites for hydroxylation is 1. The number of nitrogens with zero attached hydrogens (tertiary/aromatic N) is 2. The van der Waals surface area contributed by atoms with Crippen molar-refractivity contribution in [3.8, 4) is 0 Å². The predicted molar refractivity (Wildman–Crippen MR) is 83.5 cm³/mol. The number of hydrogen-bond donors (Lipinski definition) is 1. The molecular formula is C15H21ClF3N3O. The fourth-order valence-corrected chi connectivity index (χ4v) is 2.86. The molecule has 0 spiro atoms. The summed E-state index contributed by atoms with van der Waals surface area (Å²) in [5, 5.41) is 0. The monoisotopic (exact) mass is 351 g/mol. The van der Waals surface area contributed by atoms with Gasteiger partial charge in [-0.2, -0.15) is 13.2 Å². The van der Waals surface area contributed by atoms with Crippen LogP contribution in [-0.4, -0.2) is 34.4 Å². The average molecular weight is 352 g/mol. The molecule has 4 nitrogen and oxygen atoms in total. The maximum atomic E-state index is 12.6. The fraction of sp³-hybridized carbons (Fsp3) is 0.600. The lowest BCUT2D eigenvalue weighted by Crippen LogP contribution is -2.51. The highest BCUT2D eigenvalue weighted by molar-refractivity contribution is 5.95. The molecular weight excluding hydrogens is 331 g/mol. The van der Waals surface area contributed by atoms with E-state index in [-0.39, 0.29) is 41.7 Å². The van der Waals surface area contributed by atoms with Crippen molar-refractivity contribution in [3.05, 3.63) is 29.1 Å². The minimum absolute atomic E-state index is 0. The Balaban J connectivity index is 0.00000264. The molecule has 130 valence electrons. The van der Waals surface area contributed by atoms with Crippen LogP contribution < -0.4 is 5.73 Å². The normalized spacial score (nSPS) is 19.9. The number of piperidine rings is 1. The van der Waals surface area contributed by atoms with Crippen molar-refractivity contribution in [2.24, 2.45) is 5.73 Å². The first-order valence-electron chi connectivity index (χ1n) is 7.33. The standard InChI is InChI=1S/C15H20F3N3O.ClH/c1-9(19)12-5-3-4-8-21(12)14(22)11-6-7-13(15(16,17)18)20-10(11)2;/h6-7,9,12H,3-5,8,19H2,1-2H3;1H. The molecule has 0 saturated carbocycles. The van der Waals surface area contributed by atoms with Gasteiger partial charge in [0.25, 0.3) is 5.91 Å². The molecule has 1 fully saturated rings. The molecule has 1 aromatic heterocycles. The van der Waals surface area contributed by atoms with E-state index in [0.717, 1.165) is 25.3 Å². The SMILES string of the molecule is Cc1nc(C(F)(F)F)ccc1C(=O)N1CCCCC1C(C)N.Cl. The summed E-state index contributed by atoms with van der Waals surface area (Å²) in [5.74, 6) is -0.291. The van der Waals surface area contributed by atoms with Crippen molar-refractivity contribution in [1.82, 2.24) is 9.88 Å². The van der Waals surface area contributed by atoms with Crippen LogP contribution in [0.1, 0.15) is 47.9 Å². The first-order valence-corrected chi connectivity index (χ1v) is 7.33. The number of hydrogen-bond acceptors (Lipinski definition) is 3. The van der Waals surface area contributed by atoms with Gasteiger partial charge in [0.05, 0.1) is 11.3 Å². The van der Waals surface area contributed by atoms with Gasteiger partial charge in [-0.05, 0) is 45.2 Å². The van der Waals surface area contributed by atoms with Gasteiger partial charge in [-0.15, -0.1) is 12.4 Å². The highest BCUT2D eigenvalue weighted by Gasteiger charge is 2.34. The molecule has 0 aromatic carbocycles. The zero-order chi connectivity index (χ0) is 16.5. The van der Waals surface area contributed by atoms with Gasteiger partial charge >= 0.3 is 6.18 Å². The van der Waals surface area contributed by atoms with Gasteiger partial charge in [-0.25, -0.2) is 4.98 Å². The van der Waals surface area contributed by atoms with Crippen molar-refractivity contribution < 1.29 is 18.0 Å². The van der Waals surface area contributed by atoms with E-state index in [1.54, 1.807) is 4.90 Å². The van der Waals surface area contributed by atoms with Crippen molar-refractivity contribution in [2.75, 3.05) is 6.54 Å². The topological polar surface area (TPSA) is 59.2 Å². The summed E-state index contributed by atoms with van der Waals surface area (Å²) in [5.41, 5.74) is 5.25. The molecule has 1 saturated heterocycles. The van der Waals surface area contributed by atoms with Crippen LogP contribution in [-0.2, 0) is 6.18 Å². The predicted octanol–water partition coefficient (Wildman–Crippen LogP) is 3.17. The Kier molecular flexibility index (Phi) is 6.41. The maximum Gasteiger partial charge on any atom is 0.433 e. The summed E-state index contributed by atoms with van der Waals surface area (Å²) < 4.78 is 37.9. The quantitative estimate of drug-likeness (QED) is 0.890. The molecule has 2 heterocycles. The number of likely N-dealkylation sites (tertiary alicyclic amines) is 1. The number of carbonyl (C=O) groups excluding carboxylic acids is 1. The van der Waals surface area contributed by atoms with E-state index in [1.165, 1.54) is 13.0 Å². The Bertz CT molecular complexity index is 563. The highest BCUT2D eigenvalue weighted by Crippen LogP contribution is 2.29. The third-order valence-electron chi connectivity index (χ3n) is 4.02. The van der Waals surface area contributed by atoms with Gasteiger partial charge in [-0.1, -0.05) is 0 Å². The molecule has 1 aliphatic rings. The average Bonchev–Trinajstić information content (AvgIpc) is 2.45. The molecule has 2 unspecified atom stereocenters. The zero-order valence-corrected chi connectivity index (χ0v) is 13.9. The van der Waals surface area contributed by atoms with E-state index < -0.39 is 11.9 Å². The Labute approximate surface area is 139 Å². The van der Waals surface area contributed by atoms with E-state index in [1.807, 2.05) is 6.92 Å². The maximum absolute atomic E-state index is 12.6. The summed E-state index contributed by atoms with van der Waals surface area (Å²) in [6.45, 7) is 3.84. The summed E-state index contributed by atoms with van der Waals surface area (Å²) in [7, 11) is 0. The van der Waals surface area contributed by atoms with Gasteiger partial charge in [-0.3, -0.25) is 4.79 Å². The number of alkyl halides is 3. The minimum Gasteiger partial charge on any atom is -0.334 e. The highest BCUT2D eigenvalue weighted by atomic mass is 35.5. The van der Waals surface area contributed by atoms with Crippen molar-refractivity contribution in [3.63, 3.8) is 0 Å². The summed E-state index contributed by atoms with van der Waals surface area (Å²) in [6.07, 6.45) is -1.81. The van der Waals surface area contributed by atoms with Gasteiger partial charge in [0.2, 0.25) is 0 Å². The number of aromatic nitrogens is 1. The smallest absolute Gasteiger partial charge is 0.334 e. The van der Waals surface area contributed by atoms with Crippen LogP contribution in [0, 0.1) is 6.92 Å². The van der Waals surface area contributed by atoms with Crippen LogP contribution in [0.4, 0.5) is 13.2 Å². The van der Waals surface area contributed by atoms with Crippen LogP contribution in [0.2, 0.25) is 0 Å². The van der Waals surface area contributed by atoms with Gasteiger partial charge in [0, 0.05) is 18.6 Å². The second-order valence-corrected chi connectivity index (χ2v) is 5.75. The van der Waals surface area contributed by atoms with Crippen LogP contribution in [0.15, 0.2) is 12.1 Å². The second kappa shape index (κ2) is 7.49. The van der Waals surface area contributed by atoms with Gasteiger partial charge in [0.1, 0.15) is 5.69 Å². The van der Waals surface area contributed by atoms with Crippen molar-refractivity contribution in [2.45, 2.75) is 51.4 Å². The Hall–Kier alpha value is -1.34. The van der Waals surface area contributed by atoms with Crippen molar-refractivity contribution in [1.29, 1.82) is 0 Å². The molecule has 0 radical (unpaired) electrons. The number of pyridine rings is 1. The van der Waals surface area contributed by atoms with E-state index in [4.69, 9.17) is 5.73 Å². The second-order valence-electron chi connectivity index (χ2n) is 5.75. The molecule has 2 atom stereocenters. The van der Waals surface area contributed by atoms with Crippen LogP contribution in [0.25, 0.3) is 0 Å². The molecule has 0 bridgehead atoms. The third-order valence-corrected chi connectivity index (χ3v) is 4.02. The molecule has 2 rings (SSSR count). The Morgan fingerprint density at radius 2 is 2.04 bits per heavy atom. The minimum atomic E-state index is -4.51. The zero-order valence-electron chi connectivity index (χ0n) is 13.1.